The fourth-order valence-corrected chi connectivity index (χ4v) is 3.72. The maximum atomic E-state index is 12.9. The number of amides is 1. The summed E-state index contributed by atoms with van der Waals surface area (Å²) in [4.78, 5) is 13.7. The minimum atomic E-state index is -3.67. The maximum Gasteiger partial charge on any atom is 0.243 e. The monoisotopic (exact) mass is 329 g/mol. The Hall–Kier alpha value is -1.51. The Labute approximate surface area is 129 Å². The second-order valence-corrected chi connectivity index (χ2v) is 7.81. The van der Waals surface area contributed by atoms with Gasteiger partial charge in [-0.3, -0.25) is 4.79 Å². The van der Waals surface area contributed by atoms with E-state index in [1.807, 2.05) is 0 Å². The highest BCUT2D eigenvalue weighted by Gasteiger charge is 2.34. The average molecular weight is 329 g/mol. The number of hydrogen-bond donors (Lipinski definition) is 1. The number of nitrogens with zero attached hydrogens (tertiary/aromatic N) is 2. The molecule has 8 heteroatoms. The molecule has 0 bridgehead atoms. The standard InChI is InChI=1S/C14H20FN3O3S/c1-14(2,16)13(19)17-7-9-18(10-8-17)22(20,21)12-5-3-11(15)4-6-12/h3-6H,7-10,16H2,1-2H3. The van der Waals surface area contributed by atoms with Gasteiger partial charge in [0.15, 0.2) is 0 Å². The fourth-order valence-electron chi connectivity index (χ4n) is 2.29. The third-order valence-corrected chi connectivity index (χ3v) is 5.44. The predicted molar refractivity (Wildman–Crippen MR) is 80.0 cm³/mol. The van der Waals surface area contributed by atoms with Crippen LogP contribution in [-0.2, 0) is 14.8 Å². The van der Waals surface area contributed by atoms with E-state index in [9.17, 15) is 17.6 Å². The number of nitrogens with two attached hydrogens (primary N) is 1. The molecule has 122 valence electrons. The van der Waals surface area contributed by atoms with Crippen LogP contribution in [0.4, 0.5) is 4.39 Å². The van der Waals surface area contributed by atoms with Gasteiger partial charge in [-0.1, -0.05) is 0 Å². The Morgan fingerprint density at radius 1 is 1.14 bits per heavy atom. The van der Waals surface area contributed by atoms with Crippen molar-refractivity contribution in [2.75, 3.05) is 26.2 Å². The van der Waals surface area contributed by atoms with Crippen LogP contribution in [0.5, 0.6) is 0 Å². The number of carbonyl (C=O) groups excluding carboxylic acids is 1. The van der Waals surface area contributed by atoms with Gasteiger partial charge in [-0.25, -0.2) is 12.8 Å². The zero-order chi connectivity index (χ0) is 16.5. The summed E-state index contributed by atoms with van der Waals surface area (Å²) >= 11 is 0. The summed E-state index contributed by atoms with van der Waals surface area (Å²) in [5.74, 6) is -0.689. The number of rotatable bonds is 3. The van der Waals surface area contributed by atoms with Gasteiger partial charge in [-0.05, 0) is 38.1 Å². The molecule has 0 radical (unpaired) electrons. The highest BCUT2D eigenvalue weighted by molar-refractivity contribution is 7.89. The Morgan fingerprint density at radius 3 is 2.09 bits per heavy atom. The Balaban J connectivity index is 2.08. The molecule has 1 aromatic carbocycles. The van der Waals surface area contributed by atoms with Crippen molar-refractivity contribution in [3.63, 3.8) is 0 Å². The minimum absolute atomic E-state index is 0.0489. The molecule has 22 heavy (non-hydrogen) atoms. The van der Waals surface area contributed by atoms with Crippen molar-refractivity contribution in [1.29, 1.82) is 0 Å². The molecule has 1 heterocycles. The van der Waals surface area contributed by atoms with Crippen molar-refractivity contribution in [3.8, 4) is 0 Å². The molecule has 0 atom stereocenters. The summed E-state index contributed by atoms with van der Waals surface area (Å²) in [5.41, 5.74) is 4.80. The van der Waals surface area contributed by atoms with Crippen LogP contribution < -0.4 is 5.73 Å². The van der Waals surface area contributed by atoms with Gasteiger partial charge >= 0.3 is 0 Å². The summed E-state index contributed by atoms with van der Waals surface area (Å²) < 4.78 is 39.1. The molecule has 2 rings (SSSR count). The number of hydrogen-bond acceptors (Lipinski definition) is 4. The first-order valence-corrected chi connectivity index (χ1v) is 8.40. The van der Waals surface area contributed by atoms with Crippen LogP contribution in [0, 0.1) is 5.82 Å². The smallest absolute Gasteiger partial charge is 0.243 e. The van der Waals surface area contributed by atoms with E-state index in [4.69, 9.17) is 5.73 Å². The van der Waals surface area contributed by atoms with E-state index < -0.39 is 21.4 Å². The lowest BCUT2D eigenvalue weighted by molar-refractivity contribution is -0.137. The zero-order valence-corrected chi connectivity index (χ0v) is 13.4. The highest BCUT2D eigenvalue weighted by Crippen LogP contribution is 2.19. The van der Waals surface area contributed by atoms with Crippen molar-refractivity contribution >= 4 is 15.9 Å². The largest absolute Gasteiger partial charge is 0.338 e. The number of sulfonamides is 1. The van der Waals surface area contributed by atoms with Gasteiger partial charge < -0.3 is 10.6 Å². The van der Waals surface area contributed by atoms with Gasteiger partial charge in [-0.2, -0.15) is 4.31 Å². The number of carbonyl (C=O) groups is 1. The van der Waals surface area contributed by atoms with Crippen LogP contribution in [0.25, 0.3) is 0 Å². The summed E-state index contributed by atoms with van der Waals surface area (Å²) in [6.07, 6.45) is 0. The van der Waals surface area contributed by atoms with Gasteiger partial charge in [0.1, 0.15) is 5.82 Å². The first-order chi connectivity index (χ1) is 10.1. The molecule has 0 aliphatic carbocycles. The number of benzene rings is 1. The van der Waals surface area contributed by atoms with Crippen LogP contribution in [0.2, 0.25) is 0 Å². The SMILES string of the molecule is CC(C)(N)C(=O)N1CCN(S(=O)(=O)c2ccc(F)cc2)CC1. The minimum Gasteiger partial charge on any atom is -0.338 e. The Morgan fingerprint density at radius 2 is 1.64 bits per heavy atom. The van der Waals surface area contributed by atoms with Gasteiger partial charge in [0, 0.05) is 26.2 Å². The van der Waals surface area contributed by atoms with Crippen LogP contribution in [0.1, 0.15) is 13.8 Å². The third-order valence-electron chi connectivity index (χ3n) is 3.53. The van der Waals surface area contributed by atoms with E-state index in [2.05, 4.69) is 0 Å². The Kier molecular flexibility index (Phi) is 4.55. The Bertz CT molecular complexity index is 645. The van der Waals surface area contributed by atoms with E-state index in [1.165, 1.54) is 16.4 Å². The topological polar surface area (TPSA) is 83.7 Å². The van der Waals surface area contributed by atoms with Crippen molar-refractivity contribution in [2.24, 2.45) is 5.73 Å². The van der Waals surface area contributed by atoms with Crippen LogP contribution in [0.3, 0.4) is 0 Å². The molecule has 1 saturated heterocycles. The third kappa shape index (κ3) is 3.45. The molecular formula is C14H20FN3O3S. The van der Waals surface area contributed by atoms with Crippen molar-refractivity contribution in [3.05, 3.63) is 30.1 Å². The van der Waals surface area contributed by atoms with Crippen LogP contribution in [-0.4, -0.2) is 55.2 Å². The van der Waals surface area contributed by atoms with E-state index in [0.29, 0.717) is 13.1 Å². The predicted octanol–water partition coefficient (Wildman–Crippen LogP) is 0.396. The molecule has 1 aliphatic rings. The lowest BCUT2D eigenvalue weighted by Crippen LogP contribution is -2.57. The van der Waals surface area contributed by atoms with Crippen LogP contribution >= 0.6 is 0 Å². The van der Waals surface area contributed by atoms with E-state index in [0.717, 1.165) is 12.1 Å². The van der Waals surface area contributed by atoms with E-state index in [-0.39, 0.29) is 23.9 Å². The molecular weight excluding hydrogens is 309 g/mol. The fraction of sp³-hybridized carbons (Fsp3) is 0.500. The average Bonchev–Trinajstić information content (AvgIpc) is 2.46. The number of halogens is 1. The second kappa shape index (κ2) is 5.94. The van der Waals surface area contributed by atoms with Gasteiger partial charge in [-0.15, -0.1) is 0 Å². The first-order valence-electron chi connectivity index (χ1n) is 6.96. The van der Waals surface area contributed by atoms with E-state index >= 15 is 0 Å². The molecule has 1 fully saturated rings. The summed E-state index contributed by atoms with van der Waals surface area (Å²) in [6.45, 7) is 4.22. The molecule has 1 aliphatic heterocycles. The second-order valence-electron chi connectivity index (χ2n) is 5.87. The molecule has 2 N–H and O–H groups in total. The maximum absolute atomic E-state index is 12.9. The number of piperazine rings is 1. The lowest BCUT2D eigenvalue weighted by Gasteiger charge is -2.36. The molecule has 0 spiro atoms. The van der Waals surface area contributed by atoms with Crippen molar-refractivity contribution in [1.82, 2.24) is 9.21 Å². The summed E-state index contributed by atoms with van der Waals surface area (Å²) in [5, 5.41) is 0. The van der Waals surface area contributed by atoms with Gasteiger partial charge in [0.05, 0.1) is 10.4 Å². The molecule has 1 aromatic rings. The van der Waals surface area contributed by atoms with Gasteiger partial charge in [0.2, 0.25) is 15.9 Å². The van der Waals surface area contributed by atoms with Gasteiger partial charge in [0.25, 0.3) is 0 Å². The van der Waals surface area contributed by atoms with E-state index in [1.54, 1.807) is 18.7 Å². The molecule has 0 unspecified atom stereocenters. The van der Waals surface area contributed by atoms with Crippen LogP contribution in [0.15, 0.2) is 29.2 Å². The molecule has 1 amide bonds. The summed E-state index contributed by atoms with van der Waals surface area (Å²) in [7, 11) is -3.67. The lowest BCUT2D eigenvalue weighted by atomic mass is 10.1. The normalized spacial score (nSPS) is 17.5. The quantitative estimate of drug-likeness (QED) is 0.870. The highest BCUT2D eigenvalue weighted by atomic mass is 32.2. The first kappa shape index (κ1) is 16.9. The summed E-state index contributed by atoms with van der Waals surface area (Å²) in [6, 6.07) is 4.71. The molecule has 0 saturated carbocycles. The molecule has 6 nitrogen and oxygen atoms in total. The zero-order valence-electron chi connectivity index (χ0n) is 12.6. The van der Waals surface area contributed by atoms with Crippen molar-refractivity contribution in [2.45, 2.75) is 24.3 Å². The molecule has 0 aromatic heterocycles. The van der Waals surface area contributed by atoms with Crippen molar-refractivity contribution < 1.29 is 17.6 Å².